The van der Waals surface area contributed by atoms with Crippen LogP contribution in [-0.2, 0) is 33.2 Å². The largest absolute Gasteiger partial charge is 0.394 e. The van der Waals surface area contributed by atoms with E-state index in [4.69, 9.17) is 28.4 Å². The molecule has 0 spiro atoms. The fraction of sp³-hybridized carbons (Fsp3) is 0.754. The first-order valence-corrected chi connectivity index (χ1v) is 33.5. The monoisotopic (exact) mass is 1250 g/mol. The predicted octanol–water partition coefficient (Wildman–Crippen LogP) is 8.10. The molecule has 88 heavy (non-hydrogen) atoms. The van der Waals surface area contributed by atoms with Gasteiger partial charge in [0.25, 0.3) is 0 Å². The number of ether oxygens (including phenoxy) is 6. The Kier molecular flexibility index (Phi) is 45.1. The van der Waals surface area contributed by atoms with Crippen molar-refractivity contribution in [3.8, 4) is 0 Å². The van der Waals surface area contributed by atoms with Gasteiger partial charge in [0.15, 0.2) is 18.9 Å². The summed E-state index contributed by atoms with van der Waals surface area (Å²) in [6.07, 6.45) is 38.8. The van der Waals surface area contributed by atoms with E-state index in [1.807, 2.05) is 6.08 Å². The van der Waals surface area contributed by atoms with Gasteiger partial charge in [-0.1, -0.05) is 214 Å². The number of allylic oxidation sites excluding steroid dienone is 15. The molecule has 506 valence electrons. The molecule has 0 aromatic carbocycles. The zero-order valence-electron chi connectivity index (χ0n) is 53.2. The maximum Gasteiger partial charge on any atom is 0.220 e. The minimum atomic E-state index is -1.98. The van der Waals surface area contributed by atoms with Gasteiger partial charge < -0.3 is 89.9 Å². The first-order valence-electron chi connectivity index (χ1n) is 33.5. The van der Waals surface area contributed by atoms with Crippen LogP contribution < -0.4 is 5.32 Å². The number of carbonyl (C=O) groups is 1. The Morgan fingerprint density at radius 3 is 1.27 bits per heavy atom. The van der Waals surface area contributed by atoms with Crippen LogP contribution in [-0.4, -0.2) is 193 Å². The quantitative estimate of drug-likeness (QED) is 0.0202. The molecule has 1 amide bonds. The number of aliphatic hydroxyl groups is 11. The van der Waals surface area contributed by atoms with Gasteiger partial charge >= 0.3 is 0 Å². The lowest BCUT2D eigenvalue weighted by molar-refractivity contribution is -0.379. The van der Waals surface area contributed by atoms with Gasteiger partial charge in [-0.05, 0) is 77.0 Å². The highest BCUT2D eigenvalue weighted by Gasteiger charge is 2.53. The van der Waals surface area contributed by atoms with Crippen LogP contribution in [0.4, 0.5) is 0 Å². The fourth-order valence-electron chi connectivity index (χ4n) is 10.7. The molecule has 17 atom stereocenters. The Balaban J connectivity index is 1.31. The Bertz CT molecular complexity index is 1970. The average Bonchev–Trinajstić information content (AvgIpc) is 1.15. The van der Waals surface area contributed by atoms with Crippen molar-refractivity contribution in [1.29, 1.82) is 0 Å². The van der Waals surface area contributed by atoms with Crippen LogP contribution >= 0.6 is 0 Å². The Hall–Kier alpha value is -3.29. The van der Waals surface area contributed by atoms with E-state index in [9.17, 15) is 61.0 Å². The van der Waals surface area contributed by atoms with Crippen molar-refractivity contribution in [3.63, 3.8) is 0 Å². The minimum absolute atomic E-state index is 0.230. The third-order valence-electron chi connectivity index (χ3n) is 16.1. The van der Waals surface area contributed by atoms with Gasteiger partial charge in [-0.15, -0.1) is 0 Å². The van der Waals surface area contributed by atoms with Crippen molar-refractivity contribution in [3.05, 3.63) is 97.2 Å². The summed E-state index contributed by atoms with van der Waals surface area (Å²) in [6.45, 7) is 1.49. The minimum Gasteiger partial charge on any atom is -0.394 e. The summed E-state index contributed by atoms with van der Waals surface area (Å²) >= 11 is 0. The molecule has 3 aliphatic rings. The maximum atomic E-state index is 13.3. The lowest BCUT2D eigenvalue weighted by Gasteiger charge is -2.48. The van der Waals surface area contributed by atoms with Crippen LogP contribution in [0, 0.1) is 0 Å². The van der Waals surface area contributed by atoms with E-state index < -0.39 is 124 Å². The summed E-state index contributed by atoms with van der Waals surface area (Å²) in [5.41, 5.74) is 0. The lowest BCUT2D eigenvalue weighted by Crippen LogP contribution is -2.66. The topological polar surface area (TPSA) is 307 Å². The molecule has 19 heteroatoms. The van der Waals surface area contributed by atoms with Crippen LogP contribution in [0.5, 0.6) is 0 Å². The highest BCUT2D eigenvalue weighted by Crippen LogP contribution is 2.33. The Morgan fingerprint density at radius 1 is 0.420 bits per heavy atom. The summed E-state index contributed by atoms with van der Waals surface area (Å²) in [6, 6.07) is -0.991. The maximum absolute atomic E-state index is 13.3. The van der Waals surface area contributed by atoms with Crippen molar-refractivity contribution in [2.24, 2.45) is 0 Å². The highest BCUT2D eigenvalue weighted by atomic mass is 16.8. The van der Waals surface area contributed by atoms with Crippen LogP contribution in [0.2, 0.25) is 0 Å². The number of carbonyl (C=O) groups excluding carboxylic acids is 1. The van der Waals surface area contributed by atoms with Gasteiger partial charge in [-0.3, -0.25) is 4.79 Å². The average molecular weight is 1250 g/mol. The van der Waals surface area contributed by atoms with Crippen molar-refractivity contribution < 1.29 is 89.4 Å². The molecule has 12 N–H and O–H groups in total. The molecule has 0 radical (unpaired) electrons. The smallest absolute Gasteiger partial charge is 0.220 e. The first kappa shape index (κ1) is 78.9. The molecule has 0 bridgehead atoms. The number of aliphatic hydroxyl groups excluding tert-OH is 11. The fourth-order valence-corrected chi connectivity index (χ4v) is 10.7. The summed E-state index contributed by atoms with van der Waals surface area (Å²) in [5.74, 6) is -0.293. The molecule has 0 aromatic heterocycles. The van der Waals surface area contributed by atoms with Crippen molar-refractivity contribution in [2.75, 3.05) is 26.4 Å². The molecule has 17 unspecified atom stereocenters. The Morgan fingerprint density at radius 2 is 0.795 bits per heavy atom. The van der Waals surface area contributed by atoms with Crippen LogP contribution in [0.3, 0.4) is 0 Å². The summed E-state index contributed by atoms with van der Waals surface area (Å²) in [7, 11) is 0. The third-order valence-corrected chi connectivity index (χ3v) is 16.1. The molecule has 3 fully saturated rings. The molecule has 0 aliphatic carbocycles. The molecule has 3 rings (SSSR count). The van der Waals surface area contributed by atoms with E-state index >= 15 is 0 Å². The molecule has 3 heterocycles. The van der Waals surface area contributed by atoms with Gasteiger partial charge in [-0.25, -0.2) is 0 Å². The molecule has 3 saturated heterocycles. The van der Waals surface area contributed by atoms with Gasteiger partial charge in [0.2, 0.25) is 5.91 Å². The standard InChI is InChI=1S/C69H117NO18/c1-3-5-7-9-11-13-14-15-16-17-18-19-20-21-22-23-24-25-26-27-28-29-30-31-32-33-34-35-36-37-38-39-41-43-45-47-57(75)70-52(53(74)46-44-42-40-12-10-8-6-4-2)51-83-67-63(81)60(78)65(55(49-72)85-67)88-69-64(82)61(79)66(56(50-73)86-69)87-68-62(80)59(77)58(76)54(48-71)84-68/h5,7,10-13,15-16,18-19,21-22,24-25,44,46,52-56,58-69,71-74,76-82H,3-4,6,8-9,14,17,20,23,26-43,45,47-51H2,1-2H3,(H,70,75)/b7-5-,12-10+,13-11-,16-15-,19-18-,22-21-,25-24-,46-44+. The van der Waals surface area contributed by atoms with Crippen LogP contribution in [0.25, 0.3) is 0 Å². The molecule has 3 aliphatic heterocycles. The van der Waals surface area contributed by atoms with Crippen LogP contribution in [0.15, 0.2) is 97.2 Å². The number of nitrogens with one attached hydrogen (secondary N) is 1. The lowest BCUT2D eigenvalue weighted by atomic mass is 9.96. The van der Waals surface area contributed by atoms with E-state index in [-0.39, 0.29) is 18.9 Å². The van der Waals surface area contributed by atoms with E-state index in [2.05, 4.69) is 104 Å². The molecule has 0 aromatic rings. The number of unbranched alkanes of at least 4 members (excludes halogenated alkanes) is 19. The number of amides is 1. The summed E-state index contributed by atoms with van der Waals surface area (Å²) < 4.78 is 34.2. The molecular formula is C69H117NO18. The van der Waals surface area contributed by atoms with Gasteiger partial charge in [0.05, 0.1) is 38.6 Å². The van der Waals surface area contributed by atoms with E-state index in [0.717, 1.165) is 83.5 Å². The first-order chi connectivity index (χ1) is 42.8. The normalized spacial score (nSPS) is 29.0. The number of rotatable bonds is 49. The van der Waals surface area contributed by atoms with Gasteiger partial charge in [0.1, 0.15) is 73.2 Å². The number of hydrogen-bond acceptors (Lipinski definition) is 18. The van der Waals surface area contributed by atoms with Crippen molar-refractivity contribution >= 4 is 5.91 Å². The Labute approximate surface area is 526 Å². The summed E-state index contributed by atoms with van der Waals surface area (Å²) in [5, 5.41) is 120. The molecular weight excluding hydrogens is 1130 g/mol. The summed E-state index contributed by atoms with van der Waals surface area (Å²) in [4.78, 5) is 13.3. The zero-order valence-corrected chi connectivity index (χ0v) is 53.2. The zero-order chi connectivity index (χ0) is 64.0. The predicted molar refractivity (Wildman–Crippen MR) is 341 cm³/mol. The highest BCUT2D eigenvalue weighted by molar-refractivity contribution is 5.76. The van der Waals surface area contributed by atoms with Crippen LogP contribution in [0.1, 0.15) is 200 Å². The molecule has 19 nitrogen and oxygen atoms in total. The third kappa shape index (κ3) is 32.3. The second-order valence-electron chi connectivity index (χ2n) is 23.5. The number of hydrogen-bond donors (Lipinski definition) is 12. The van der Waals surface area contributed by atoms with Crippen molar-refractivity contribution in [1.82, 2.24) is 5.32 Å². The van der Waals surface area contributed by atoms with Gasteiger partial charge in [0, 0.05) is 6.42 Å². The van der Waals surface area contributed by atoms with E-state index in [1.54, 1.807) is 6.08 Å². The molecule has 0 saturated carbocycles. The van der Waals surface area contributed by atoms with Crippen molar-refractivity contribution in [2.45, 2.75) is 304 Å². The van der Waals surface area contributed by atoms with E-state index in [0.29, 0.717) is 12.8 Å². The van der Waals surface area contributed by atoms with Gasteiger partial charge in [-0.2, -0.15) is 0 Å². The second-order valence-corrected chi connectivity index (χ2v) is 23.5. The van der Waals surface area contributed by atoms with E-state index in [1.165, 1.54) is 83.5 Å². The second kappa shape index (κ2) is 50.3. The SMILES string of the molecule is CC/C=C\C/C=C\C/C=C\C/C=C\C/C=C\C/C=C\CCCCCCCCCCCCCCCCCCC(=O)NC(COC1OC(CO)C(OC2OC(CO)C(OC3OC(CO)C(O)C(O)C3O)C(O)C2O)C(O)C1O)C(O)/C=C/CC/C=C/CCCC.